The largest absolute Gasteiger partial charge is 0.466 e. The van der Waals surface area contributed by atoms with Crippen LogP contribution in [0.5, 0.6) is 0 Å². The van der Waals surface area contributed by atoms with Gasteiger partial charge < -0.3 is 4.74 Å². The zero-order valence-corrected chi connectivity index (χ0v) is 12.3. The summed E-state index contributed by atoms with van der Waals surface area (Å²) >= 11 is 0. The molecule has 0 saturated heterocycles. The maximum absolute atomic E-state index is 11.3. The molecule has 0 bridgehead atoms. The summed E-state index contributed by atoms with van der Waals surface area (Å²) < 4.78 is 4.88. The first-order valence-corrected chi connectivity index (χ1v) is 6.85. The number of rotatable bonds is 7. The molecule has 0 spiro atoms. The smallest absolute Gasteiger partial charge is 0.305 e. The molecule has 5 nitrogen and oxygen atoms in total. The van der Waals surface area contributed by atoms with Gasteiger partial charge in [-0.25, -0.2) is 0 Å². The molecule has 0 fully saturated rings. The SMILES string of the molecule is CCOC(=O)CCCC(N=[N+]=[N-])c1ccc(C)c(C)c1. The van der Waals surface area contributed by atoms with Crippen molar-refractivity contribution in [3.8, 4) is 0 Å². The van der Waals surface area contributed by atoms with E-state index < -0.39 is 0 Å². The average Bonchev–Trinajstić information content (AvgIpc) is 2.41. The second-order valence-electron chi connectivity index (χ2n) is 4.76. The standard InChI is InChI=1S/C15H21N3O2/c1-4-20-15(19)7-5-6-14(17-18-16)13-9-8-11(2)12(3)10-13/h8-10,14H,4-7H2,1-3H3. The number of aryl methyl sites for hydroxylation is 2. The van der Waals surface area contributed by atoms with E-state index in [0.29, 0.717) is 25.9 Å². The van der Waals surface area contributed by atoms with Crippen molar-refractivity contribution in [2.75, 3.05) is 6.61 Å². The molecule has 1 aromatic rings. The van der Waals surface area contributed by atoms with Gasteiger partial charge in [0.05, 0.1) is 12.6 Å². The first kappa shape index (κ1) is 16.1. The van der Waals surface area contributed by atoms with Gasteiger partial charge in [-0.3, -0.25) is 4.79 Å². The number of benzene rings is 1. The Kier molecular flexibility index (Phi) is 6.60. The first-order valence-electron chi connectivity index (χ1n) is 6.85. The molecule has 0 saturated carbocycles. The first-order chi connectivity index (χ1) is 9.58. The van der Waals surface area contributed by atoms with E-state index in [-0.39, 0.29) is 12.0 Å². The van der Waals surface area contributed by atoms with Crippen molar-refractivity contribution in [2.24, 2.45) is 5.11 Å². The van der Waals surface area contributed by atoms with Crippen molar-refractivity contribution in [1.82, 2.24) is 0 Å². The van der Waals surface area contributed by atoms with Gasteiger partial charge in [-0.1, -0.05) is 23.3 Å². The van der Waals surface area contributed by atoms with E-state index in [9.17, 15) is 4.79 Å². The zero-order valence-electron chi connectivity index (χ0n) is 12.3. The highest BCUT2D eigenvalue weighted by Crippen LogP contribution is 2.25. The van der Waals surface area contributed by atoms with Crippen LogP contribution >= 0.6 is 0 Å². The topological polar surface area (TPSA) is 75.1 Å². The highest BCUT2D eigenvalue weighted by atomic mass is 16.5. The Bertz CT molecular complexity index is 508. The third-order valence-electron chi connectivity index (χ3n) is 3.27. The van der Waals surface area contributed by atoms with Gasteiger partial charge in [-0.05, 0) is 55.8 Å². The summed E-state index contributed by atoms with van der Waals surface area (Å²) in [6.07, 6.45) is 1.65. The molecule has 0 N–H and O–H groups in total. The van der Waals surface area contributed by atoms with Gasteiger partial charge >= 0.3 is 5.97 Å². The molecule has 0 radical (unpaired) electrons. The predicted octanol–water partition coefficient (Wildman–Crippen LogP) is 4.39. The van der Waals surface area contributed by atoms with Crippen LogP contribution in [0.2, 0.25) is 0 Å². The molecular weight excluding hydrogens is 254 g/mol. The number of carbonyl (C=O) groups is 1. The van der Waals surface area contributed by atoms with E-state index >= 15 is 0 Å². The van der Waals surface area contributed by atoms with Crippen LogP contribution in [0.3, 0.4) is 0 Å². The third kappa shape index (κ3) is 4.94. The van der Waals surface area contributed by atoms with Crippen LogP contribution < -0.4 is 0 Å². The molecule has 0 amide bonds. The van der Waals surface area contributed by atoms with Crippen LogP contribution in [0.4, 0.5) is 0 Å². The van der Waals surface area contributed by atoms with E-state index in [1.807, 2.05) is 32.0 Å². The van der Waals surface area contributed by atoms with Crippen molar-refractivity contribution in [1.29, 1.82) is 0 Å². The number of hydrogen-bond acceptors (Lipinski definition) is 3. The van der Waals surface area contributed by atoms with Crippen LogP contribution in [0.15, 0.2) is 23.3 Å². The second-order valence-corrected chi connectivity index (χ2v) is 4.76. The van der Waals surface area contributed by atoms with Gasteiger partial charge in [0.15, 0.2) is 0 Å². The minimum atomic E-state index is -0.228. The highest BCUT2D eigenvalue weighted by molar-refractivity contribution is 5.69. The fourth-order valence-electron chi connectivity index (χ4n) is 2.00. The molecule has 0 aromatic heterocycles. The second kappa shape index (κ2) is 8.23. The minimum absolute atomic E-state index is 0.202. The lowest BCUT2D eigenvalue weighted by atomic mass is 9.98. The van der Waals surface area contributed by atoms with Gasteiger partial charge in [0.25, 0.3) is 0 Å². The maximum atomic E-state index is 11.3. The molecular formula is C15H21N3O2. The molecule has 0 aliphatic heterocycles. The van der Waals surface area contributed by atoms with Gasteiger partial charge in [-0.2, -0.15) is 0 Å². The van der Waals surface area contributed by atoms with Crippen molar-refractivity contribution in [3.05, 3.63) is 45.3 Å². The number of azide groups is 1. The quantitative estimate of drug-likeness (QED) is 0.320. The summed E-state index contributed by atoms with van der Waals surface area (Å²) in [6.45, 7) is 6.26. The zero-order chi connectivity index (χ0) is 15.0. The van der Waals surface area contributed by atoms with Crippen LogP contribution in [-0.4, -0.2) is 12.6 Å². The molecule has 1 unspecified atom stereocenters. The van der Waals surface area contributed by atoms with Crippen LogP contribution in [0.25, 0.3) is 10.4 Å². The molecule has 108 valence electrons. The molecule has 5 heteroatoms. The summed E-state index contributed by atoms with van der Waals surface area (Å²) in [5.74, 6) is -0.202. The lowest BCUT2D eigenvalue weighted by Crippen LogP contribution is -2.04. The number of esters is 1. The number of ether oxygens (including phenoxy) is 1. The van der Waals surface area contributed by atoms with E-state index in [4.69, 9.17) is 10.3 Å². The molecule has 0 aliphatic carbocycles. The van der Waals surface area contributed by atoms with E-state index in [1.54, 1.807) is 6.92 Å². The lowest BCUT2D eigenvalue weighted by Gasteiger charge is -2.13. The summed E-state index contributed by atoms with van der Waals surface area (Å²) in [4.78, 5) is 14.2. The lowest BCUT2D eigenvalue weighted by molar-refractivity contribution is -0.143. The Labute approximate surface area is 119 Å². The molecule has 0 aliphatic rings. The third-order valence-corrected chi connectivity index (χ3v) is 3.27. The Morgan fingerprint density at radius 2 is 2.15 bits per heavy atom. The monoisotopic (exact) mass is 275 g/mol. The van der Waals surface area contributed by atoms with Gasteiger partial charge in [0.1, 0.15) is 0 Å². The van der Waals surface area contributed by atoms with Crippen LogP contribution in [0.1, 0.15) is 48.9 Å². The average molecular weight is 275 g/mol. The minimum Gasteiger partial charge on any atom is -0.466 e. The molecule has 0 heterocycles. The molecule has 20 heavy (non-hydrogen) atoms. The Morgan fingerprint density at radius 1 is 1.40 bits per heavy atom. The fraction of sp³-hybridized carbons (Fsp3) is 0.533. The van der Waals surface area contributed by atoms with E-state index in [1.165, 1.54) is 11.1 Å². The fourth-order valence-corrected chi connectivity index (χ4v) is 2.00. The van der Waals surface area contributed by atoms with E-state index in [2.05, 4.69) is 10.0 Å². The Hall–Kier alpha value is -2.00. The number of hydrogen-bond donors (Lipinski definition) is 0. The molecule has 1 atom stereocenters. The van der Waals surface area contributed by atoms with Crippen molar-refractivity contribution in [2.45, 2.75) is 46.1 Å². The molecule has 1 rings (SSSR count). The summed E-state index contributed by atoms with van der Waals surface area (Å²) in [7, 11) is 0. The van der Waals surface area contributed by atoms with Gasteiger partial charge in [0, 0.05) is 11.3 Å². The summed E-state index contributed by atoms with van der Waals surface area (Å²) in [5.41, 5.74) is 12.1. The number of carbonyl (C=O) groups excluding carboxylic acids is 1. The maximum Gasteiger partial charge on any atom is 0.305 e. The van der Waals surface area contributed by atoms with Crippen LogP contribution in [0, 0.1) is 13.8 Å². The molecule has 1 aromatic carbocycles. The Balaban J connectivity index is 2.67. The van der Waals surface area contributed by atoms with Crippen molar-refractivity contribution in [3.63, 3.8) is 0 Å². The number of nitrogens with zero attached hydrogens (tertiary/aromatic N) is 3. The van der Waals surface area contributed by atoms with E-state index in [0.717, 1.165) is 5.56 Å². The van der Waals surface area contributed by atoms with Crippen molar-refractivity contribution >= 4 is 5.97 Å². The normalized spacial score (nSPS) is 11.6. The summed E-state index contributed by atoms with van der Waals surface area (Å²) in [6, 6.07) is 5.81. The highest BCUT2D eigenvalue weighted by Gasteiger charge is 2.11. The van der Waals surface area contributed by atoms with Crippen LogP contribution in [-0.2, 0) is 9.53 Å². The van der Waals surface area contributed by atoms with Crippen molar-refractivity contribution < 1.29 is 9.53 Å². The van der Waals surface area contributed by atoms with Gasteiger partial charge in [0.2, 0.25) is 0 Å². The summed E-state index contributed by atoms with van der Waals surface area (Å²) in [5, 5.41) is 3.84. The van der Waals surface area contributed by atoms with Gasteiger partial charge in [-0.15, -0.1) is 0 Å². The predicted molar refractivity (Wildman–Crippen MR) is 78.3 cm³/mol. The Morgan fingerprint density at radius 3 is 2.75 bits per heavy atom.